The number of aromatic nitrogens is 2. The van der Waals surface area contributed by atoms with Gasteiger partial charge in [0, 0.05) is 12.3 Å². The van der Waals surface area contributed by atoms with Crippen molar-refractivity contribution < 1.29 is 18.1 Å². The van der Waals surface area contributed by atoms with Crippen molar-refractivity contribution >= 4 is 11.3 Å². The van der Waals surface area contributed by atoms with Gasteiger partial charge in [0.25, 0.3) is 5.69 Å². The van der Waals surface area contributed by atoms with Gasteiger partial charge in [-0.25, -0.2) is 4.98 Å². The van der Waals surface area contributed by atoms with Gasteiger partial charge in [-0.15, -0.1) is 0 Å². The topological polar surface area (TPSA) is 60.4 Å². The Balaban J connectivity index is 2.25. The molecule has 3 aromatic rings. The van der Waals surface area contributed by atoms with Gasteiger partial charge >= 0.3 is 6.18 Å². The number of fused-ring (bicyclic) bond motifs is 1. The molecule has 0 amide bonds. The summed E-state index contributed by atoms with van der Waals surface area (Å²) in [7, 11) is 0. The average Bonchev–Trinajstić information content (AvgIpc) is 2.89. The number of imidazole rings is 1. The van der Waals surface area contributed by atoms with Crippen molar-refractivity contribution in [1.29, 1.82) is 0 Å². The molecule has 0 saturated carbocycles. The van der Waals surface area contributed by atoms with Gasteiger partial charge in [-0.2, -0.15) is 13.2 Å². The smallest absolute Gasteiger partial charge is 0.295 e. The summed E-state index contributed by atoms with van der Waals surface area (Å²) in [5, 5.41) is 11.0. The monoisotopic (exact) mass is 307 g/mol. The zero-order valence-electron chi connectivity index (χ0n) is 10.9. The standard InChI is InChI=1S/C14H8F3N3O2/c15-14(16,17)12-6-3-7-13-18-10(8-19(12)13)9-4-1-2-5-11(9)20(21)22/h1-8H. The largest absolute Gasteiger partial charge is 0.431 e. The lowest BCUT2D eigenvalue weighted by Gasteiger charge is -2.08. The minimum absolute atomic E-state index is 0.0722. The van der Waals surface area contributed by atoms with Gasteiger partial charge < -0.3 is 0 Å². The lowest BCUT2D eigenvalue weighted by molar-refractivity contribution is -0.384. The van der Waals surface area contributed by atoms with Crippen LogP contribution >= 0.6 is 0 Å². The minimum Gasteiger partial charge on any atom is -0.295 e. The molecule has 0 aliphatic rings. The first kappa shape index (κ1) is 14.1. The van der Waals surface area contributed by atoms with Crippen molar-refractivity contribution in [2.75, 3.05) is 0 Å². The van der Waals surface area contributed by atoms with Gasteiger partial charge in [0.1, 0.15) is 11.3 Å². The number of nitrogens with zero attached hydrogens (tertiary/aromatic N) is 3. The van der Waals surface area contributed by atoms with Gasteiger partial charge in [-0.3, -0.25) is 14.5 Å². The SMILES string of the molecule is O=[N+]([O-])c1ccccc1-c1cn2c(C(F)(F)F)cccc2n1. The van der Waals surface area contributed by atoms with Crippen molar-refractivity contribution in [1.82, 2.24) is 9.38 Å². The molecule has 112 valence electrons. The molecule has 0 aliphatic carbocycles. The highest BCUT2D eigenvalue weighted by Gasteiger charge is 2.33. The number of pyridine rings is 1. The van der Waals surface area contributed by atoms with Crippen LogP contribution in [0.2, 0.25) is 0 Å². The first-order chi connectivity index (χ1) is 10.4. The van der Waals surface area contributed by atoms with Crippen LogP contribution in [0.25, 0.3) is 16.9 Å². The molecule has 0 N–H and O–H groups in total. The third-order valence-corrected chi connectivity index (χ3v) is 3.16. The number of halogens is 3. The Bertz CT molecular complexity index is 871. The van der Waals surface area contributed by atoms with Crippen molar-refractivity contribution in [3.8, 4) is 11.3 Å². The summed E-state index contributed by atoms with van der Waals surface area (Å²) >= 11 is 0. The summed E-state index contributed by atoms with van der Waals surface area (Å²) < 4.78 is 39.8. The number of alkyl halides is 3. The van der Waals surface area contributed by atoms with E-state index < -0.39 is 16.8 Å². The normalized spacial score (nSPS) is 11.8. The van der Waals surface area contributed by atoms with Crippen LogP contribution in [-0.4, -0.2) is 14.3 Å². The Morgan fingerprint density at radius 2 is 1.82 bits per heavy atom. The molecule has 0 aliphatic heterocycles. The molecule has 5 nitrogen and oxygen atoms in total. The Kier molecular flexibility index (Phi) is 3.09. The molecule has 2 aromatic heterocycles. The number of nitro groups is 1. The number of hydrogen-bond donors (Lipinski definition) is 0. The zero-order chi connectivity index (χ0) is 15.9. The van der Waals surface area contributed by atoms with E-state index in [1.165, 1.54) is 30.3 Å². The number of nitro benzene ring substituents is 1. The van der Waals surface area contributed by atoms with E-state index in [0.717, 1.165) is 16.7 Å². The number of para-hydroxylation sites is 1. The Morgan fingerprint density at radius 1 is 1.09 bits per heavy atom. The molecule has 0 unspecified atom stereocenters. The Labute approximate surface area is 121 Å². The summed E-state index contributed by atoms with van der Waals surface area (Å²) in [5.74, 6) is 0. The third-order valence-electron chi connectivity index (χ3n) is 3.16. The van der Waals surface area contributed by atoms with E-state index in [-0.39, 0.29) is 22.6 Å². The van der Waals surface area contributed by atoms with Crippen LogP contribution in [0.1, 0.15) is 5.69 Å². The predicted molar refractivity (Wildman–Crippen MR) is 72.3 cm³/mol. The fraction of sp³-hybridized carbons (Fsp3) is 0.0714. The highest BCUT2D eigenvalue weighted by Crippen LogP contribution is 2.33. The summed E-state index contributed by atoms with van der Waals surface area (Å²) in [5.41, 5.74) is -0.738. The van der Waals surface area contributed by atoms with E-state index in [2.05, 4.69) is 4.98 Å². The molecule has 3 rings (SSSR count). The fourth-order valence-corrected chi connectivity index (χ4v) is 2.22. The van der Waals surface area contributed by atoms with Gasteiger partial charge in [0.15, 0.2) is 0 Å². The van der Waals surface area contributed by atoms with Crippen molar-refractivity contribution in [2.45, 2.75) is 6.18 Å². The molecule has 0 radical (unpaired) electrons. The van der Waals surface area contributed by atoms with E-state index in [0.29, 0.717) is 0 Å². The summed E-state index contributed by atoms with van der Waals surface area (Å²) in [6.07, 6.45) is -3.39. The summed E-state index contributed by atoms with van der Waals surface area (Å²) in [6, 6.07) is 9.37. The third kappa shape index (κ3) is 2.28. The molecule has 8 heteroatoms. The maximum Gasteiger partial charge on any atom is 0.431 e. The van der Waals surface area contributed by atoms with E-state index in [4.69, 9.17) is 0 Å². The molecule has 2 heterocycles. The Hall–Kier alpha value is -2.90. The second-order valence-corrected chi connectivity index (χ2v) is 4.54. The Morgan fingerprint density at radius 3 is 2.50 bits per heavy atom. The minimum atomic E-state index is -4.54. The maximum absolute atomic E-state index is 13.0. The van der Waals surface area contributed by atoms with Crippen molar-refractivity contribution in [2.24, 2.45) is 0 Å². The molecule has 0 spiro atoms. The van der Waals surface area contributed by atoms with Crippen LogP contribution in [-0.2, 0) is 6.18 Å². The van der Waals surface area contributed by atoms with E-state index in [1.807, 2.05) is 0 Å². The van der Waals surface area contributed by atoms with Gasteiger partial charge in [0.2, 0.25) is 0 Å². The van der Waals surface area contributed by atoms with Crippen LogP contribution in [0.3, 0.4) is 0 Å². The molecule has 0 atom stereocenters. The molecular weight excluding hydrogens is 299 g/mol. The second-order valence-electron chi connectivity index (χ2n) is 4.54. The number of hydrogen-bond acceptors (Lipinski definition) is 3. The maximum atomic E-state index is 13.0. The average molecular weight is 307 g/mol. The molecule has 22 heavy (non-hydrogen) atoms. The van der Waals surface area contributed by atoms with E-state index in [9.17, 15) is 23.3 Å². The lowest BCUT2D eigenvalue weighted by Crippen LogP contribution is -2.10. The first-order valence-corrected chi connectivity index (χ1v) is 6.17. The second kappa shape index (κ2) is 4.83. The lowest BCUT2D eigenvalue weighted by atomic mass is 10.1. The molecule has 0 saturated heterocycles. The summed E-state index contributed by atoms with van der Waals surface area (Å²) in [6.45, 7) is 0. The summed E-state index contributed by atoms with van der Waals surface area (Å²) in [4.78, 5) is 14.5. The van der Waals surface area contributed by atoms with Crippen molar-refractivity contribution in [3.63, 3.8) is 0 Å². The molecular formula is C14H8F3N3O2. The first-order valence-electron chi connectivity index (χ1n) is 6.17. The van der Waals surface area contributed by atoms with Crippen LogP contribution in [0.4, 0.5) is 18.9 Å². The van der Waals surface area contributed by atoms with Crippen LogP contribution < -0.4 is 0 Å². The van der Waals surface area contributed by atoms with E-state index in [1.54, 1.807) is 6.07 Å². The molecule has 0 fully saturated rings. The molecule has 1 aromatic carbocycles. The van der Waals surface area contributed by atoms with Crippen LogP contribution in [0, 0.1) is 10.1 Å². The van der Waals surface area contributed by atoms with Crippen LogP contribution in [0.15, 0.2) is 48.7 Å². The van der Waals surface area contributed by atoms with E-state index >= 15 is 0 Å². The quantitative estimate of drug-likeness (QED) is 0.532. The van der Waals surface area contributed by atoms with Gasteiger partial charge in [-0.05, 0) is 18.2 Å². The number of benzene rings is 1. The predicted octanol–water partition coefficient (Wildman–Crippen LogP) is 3.93. The van der Waals surface area contributed by atoms with Gasteiger partial charge in [-0.1, -0.05) is 18.2 Å². The highest BCUT2D eigenvalue weighted by molar-refractivity contribution is 5.72. The van der Waals surface area contributed by atoms with Crippen molar-refractivity contribution in [3.05, 3.63) is 64.5 Å². The number of rotatable bonds is 2. The van der Waals surface area contributed by atoms with Crippen LogP contribution in [0.5, 0.6) is 0 Å². The highest BCUT2D eigenvalue weighted by atomic mass is 19.4. The van der Waals surface area contributed by atoms with Gasteiger partial charge in [0.05, 0.1) is 16.2 Å². The fourth-order valence-electron chi connectivity index (χ4n) is 2.22. The zero-order valence-corrected chi connectivity index (χ0v) is 10.9. The molecule has 0 bridgehead atoms.